The summed E-state index contributed by atoms with van der Waals surface area (Å²) in [6, 6.07) is 0.211. The van der Waals surface area contributed by atoms with E-state index in [9.17, 15) is 4.79 Å². The maximum Gasteiger partial charge on any atom is 0.223 e. The molecule has 4 heteroatoms. The molecule has 1 amide bonds. The summed E-state index contributed by atoms with van der Waals surface area (Å²) in [6.07, 6.45) is 4.62. The van der Waals surface area contributed by atoms with E-state index < -0.39 is 0 Å². The summed E-state index contributed by atoms with van der Waals surface area (Å²) >= 11 is 0. The molecule has 0 aromatic heterocycles. The molecule has 1 aliphatic rings. The van der Waals surface area contributed by atoms with E-state index in [1.807, 2.05) is 13.8 Å². The minimum Gasteiger partial charge on any atom is -0.394 e. The lowest BCUT2D eigenvalue weighted by Gasteiger charge is -2.18. The van der Waals surface area contributed by atoms with Crippen LogP contribution in [0.15, 0.2) is 0 Å². The molecule has 0 bridgehead atoms. The second kappa shape index (κ2) is 5.64. The third-order valence-corrected chi connectivity index (χ3v) is 3.29. The Balaban J connectivity index is 2.20. The van der Waals surface area contributed by atoms with Gasteiger partial charge < -0.3 is 16.2 Å². The Kier molecular flexibility index (Phi) is 4.74. The zero-order valence-electron chi connectivity index (χ0n) is 10.3. The number of nitrogens with one attached hydrogen (secondary N) is 1. The number of aliphatic hydroxyl groups is 1. The maximum absolute atomic E-state index is 11.8. The van der Waals surface area contributed by atoms with Crippen LogP contribution in [-0.2, 0) is 4.79 Å². The van der Waals surface area contributed by atoms with E-state index in [0.29, 0.717) is 0 Å². The third kappa shape index (κ3) is 4.10. The Morgan fingerprint density at radius 2 is 2.06 bits per heavy atom. The fourth-order valence-electron chi connectivity index (χ4n) is 1.74. The quantitative estimate of drug-likeness (QED) is 0.603. The number of hydrogen-bond acceptors (Lipinski definition) is 3. The molecular formula is C12H24N2O2. The fraction of sp³-hybridized carbons (Fsp3) is 0.917. The Morgan fingerprint density at radius 3 is 2.50 bits per heavy atom. The number of carbonyl (C=O) groups excluding carboxylic acids is 1. The molecule has 2 atom stereocenters. The van der Waals surface area contributed by atoms with Crippen molar-refractivity contribution in [3.8, 4) is 0 Å². The molecule has 94 valence electrons. The molecule has 0 radical (unpaired) electrons. The maximum atomic E-state index is 11.8. The van der Waals surface area contributed by atoms with Crippen LogP contribution in [0.3, 0.4) is 0 Å². The third-order valence-electron chi connectivity index (χ3n) is 3.29. The molecule has 1 rings (SSSR count). The van der Waals surface area contributed by atoms with Crippen molar-refractivity contribution < 1.29 is 9.90 Å². The van der Waals surface area contributed by atoms with Gasteiger partial charge in [-0.1, -0.05) is 13.3 Å². The highest BCUT2D eigenvalue weighted by Gasteiger charge is 2.43. The van der Waals surface area contributed by atoms with E-state index in [4.69, 9.17) is 10.8 Å². The Bertz CT molecular complexity index is 237. The van der Waals surface area contributed by atoms with Gasteiger partial charge in [-0.2, -0.15) is 0 Å². The molecule has 1 fully saturated rings. The lowest BCUT2D eigenvalue weighted by molar-refractivity contribution is -0.126. The van der Waals surface area contributed by atoms with Crippen LogP contribution in [0.5, 0.6) is 0 Å². The van der Waals surface area contributed by atoms with Crippen LogP contribution in [0.25, 0.3) is 0 Å². The van der Waals surface area contributed by atoms with Crippen LogP contribution < -0.4 is 11.1 Å². The van der Waals surface area contributed by atoms with E-state index in [-0.39, 0.29) is 30.0 Å². The summed E-state index contributed by atoms with van der Waals surface area (Å²) in [5, 5.41) is 12.0. The van der Waals surface area contributed by atoms with Crippen molar-refractivity contribution >= 4 is 5.91 Å². The van der Waals surface area contributed by atoms with Gasteiger partial charge in [0.2, 0.25) is 5.91 Å². The molecular weight excluding hydrogens is 204 g/mol. The van der Waals surface area contributed by atoms with Crippen LogP contribution in [0.4, 0.5) is 0 Å². The number of hydrogen-bond donors (Lipinski definition) is 3. The Morgan fingerprint density at radius 1 is 1.44 bits per heavy atom. The summed E-state index contributed by atoms with van der Waals surface area (Å²) in [5.74, 6) is 0.0824. The molecule has 1 saturated carbocycles. The smallest absolute Gasteiger partial charge is 0.223 e. The van der Waals surface area contributed by atoms with Gasteiger partial charge in [-0.05, 0) is 32.6 Å². The van der Waals surface area contributed by atoms with Crippen molar-refractivity contribution in [1.29, 1.82) is 0 Å². The summed E-state index contributed by atoms with van der Waals surface area (Å²) in [7, 11) is 0. The molecule has 1 aliphatic carbocycles. The SMILES string of the molecule is CC(N)CCCC(C)C(=O)NC1(CO)CC1. The monoisotopic (exact) mass is 228 g/mol. The number of nitrogens with two attached hydrogens (primary N) is 1. The first-order valence-electron chi connectivity index (χ1n) is 6.17. The highest BCUT2D eigenvalue weighted by Crippen LogP contribution is 2.34. The van der Waals surface area contributed by atoms with Crippen molar-refractivity contribution in [3.05, 3.63) is 0 Å². The second-order valence-corrected chi connectivity index (χ2v) is 5.24. The van der Waals surface area contributed by atoms with Gasteiger partial charge in [-0.3, -0.25) is 4.79 Å². The first kappa shape index (κ1) is 13.5. The predicted octanol–water partition coefficient (Wildman–Crippen LogP) is 0.781. The van der Waals surface area contributed by atoms with Gasteiger partial charge >= 0.3 is 0 Å². The van der Waals surface area contributed by atoms with E-state index >= 15 is 0 Å². The topological polar surface area (TPSA) is 75.4 Å². The number of rotatable bonds is 7. The highest BCUT2D eigenvalue weighted by molar-refractivity contribution is 5.79. The van der Waals surface area contributed by atoms with Crippen LogP contribution in [0, 0.1) is 5.92 Å². The molecule has 0 heterocycles. The van der Waals surface area contributed by atoms with E-state index in [1.54, 1.807) is 0 Å². The Hall–Kier alpha value is -0.610. The molecule has 16 heavy (non-hydrogen) atoms. The number of aliphatic hydroxyl groups excluding tert-OH is 1. The molecule has 0 aromatic carbocycles. The van der Waals surface area contributed by atoms with Gasteiger partial charge in [-0.25, -0.2) is 0 Å². The molecule has 0 aliphatic heterocycles. The van der Waals surface area contributed by atoms with Gasteiger partial charge in [0, 0.05) is 12.0 Å². The fourth-order valence-corrected chi connectivity index (χ4v) is 1.74. The van der Waals surface area contributed by atoms with Crippen molar-refractivity contribution in [3.63, 3.8) is 0 Å². The molecule has 4 nitrogen and oxygen atoms in total. The first-order chi connectivity index (χ1) is 7.49. The molecule has 2 unspecified atom stereocenters. The van der Waals surface area contributed by atoms with Crippen LogP contribution in [-0.4, -0.2) is 29.2 Å². The zero-order chi connectivity index (χ0) is 12.2. The van der Waals surface area contributed by atoms with Crippen molar-refractivity contribution in [2.45, 2.75) is 57.5 Å². The van der Waals surface area contributed by atoms with E-state index in [2.05, 4.69) is 5.32 Å². The minimum absolute atomic E-state index is 0.0165. The molecule has 4 N–H and O–H groups in total. The van der Waals surface area contributed by atoms with Crippen molar-refractivity contribution in [2.24, 2.45) is 11.7 Å². The standard InChI is InChI=1S/C12H24N2O2/c1-9(4-3-5-10(2)13)11(16)14-12(8-15)6-7-12/h9-10,15H,3-8,13H2,1-2H3,(H,14,16). The van der Waals surface area contributed by atoms with Gasteiger partial charge in [0.1, 0.15) is 0 Å². The first-order valence-corrected chi connectivity index (χ1v) is 6.17. The van der Waals surface area contributed by atoms with E-state index in [1.165, 1.54) is 0 Å². The summed E-state index contributed by atoms with van der Waals surface area (Å²) in [4.78, 5) is 11.8. The summed E-state index contributed by atoms with van der Waals surface area (Å²) < 4.78 is 0. The lowest BCUT2D eigenvalue weighted by Crippen LogP contribution is -2.42. The Labute approximate surface area is 97.6 Å². The highest BCUT2D eigenvalue weighted by atomic mass is 16.3. The van der Waals surface area contributed by atoms with Gasteiger partial charge in [0.25, 0.3) is 0 Å². The normalized spacial score (nSPS) is 21.2. The molecule has 0 aromatic rings. The predicted molar refractivity (Wildman–Crippen MR) is 63.9 cm³/mol. The zero-order valence-corrected chi connectivity index (χ0v) is 10.3. The largest absolute Gasteiger partial charge is 0.394 e. The number of amides is 1. The number of carbonyl (C=O) groups is 1. The van der Waals surface area contributed by atoms with Crippen LogP contribution in [0.1, 0.15) is 46.0 Å². The second-order valence-electron chi connectivity index (χ2n) is 5.24. The van der Waals surface area contributed by atoms with Crippen molar-refractivity contribution in [1.82, 2.24) is 5.32 Å². The lowest BCUT2D eigenvalue weighted by atomic mass is 10.0. The molecule has 0 spiro atoms. The van der Waals surface area contributed by atoms with Crippen LogP contribution in [0.2, 0.25) is 0 Å². The summed E-state index contributed by atoms with van der Waals surface area (Å²) in [6.45, 7) is 3.98. The average Bonchev–Trinajstić information content (AvgIpc) is 2.97. The van der Waals surface area contributed by atoms with Gasteiger partial charge in [0.05, 0.1) is 12.1 Å². The van der Waals surface area contributed by atoms with Crippen molar-refractivity contribution in [2.75, 3.05) is 6.61 Å². The average molecular weight is 228 g/mol. The molecule has 0 saturated heterocycles. The summed E-state index contributed by atoms with van der Waals surface area (Å²) in [5.41, 5.74) is 5.37. The van der Waals surface area contributed by atoms with Gasteiger partial charge in [-0.15, -0.1) is 0 Å². The van der Waals surface area contributed by atoms with Crippen LogP contribution >= 0.6 is 0 Å². The van der Waals surface area contributed by atoms with Gasteiger partial charge in [0.15, 0.2) is 0 Å². The minimum atomic E-state index is -0.285. The van der Waals surface area contributed by atoms with E-state index in [0.717, 1.165) is 32.1 Å².